The first kappa shape index (κ1) is 35.3. The minimum atomic E-state index is -1.30. The minimum Gasteiger partial charge on any atom is -0.352 e. The molecule has 0 bridgehead atoms. The fourth-order valence-corrected chi connectivity index (χ4v) is 4.86. The molecule has 1 aliphatic heterocycles. The van der Waals surface area contributed by atoms with Crippen molar-refractivity contribution in [3.8, 4) is 0 Å². The van der Waals surface area contributed by atoms with Crippen LogP contribution in [0.4, 0.5) is 0 Å². The largest absolute Gasteiger partial charge is 0.352 e. The van der Waals surface area contributed by atoms with E-state index in [2.05, 4.69) is 33.5 Å². The molecule has 0 spiro atoms. The van der Waals surface area contributed by atoms with Crippen LogP contribution >= 0.6 is 0 Å². The lowest BCUT2D eigenvalue weighted by atomic mass is 10.0. The van der Waals surface area contributed by atoms with Gasteiger partial charge in [0.15, 0.2) is 0 Å². The molecule has 5 amide bonds. The summed E-state index contributed by atoms with van der Waals surface area (Å²) in [6.07, 6.45) is 10.3. The summed E-state index contributed by atoms with van der Waals surface area (Å²) in [7, 11) is 1.90. The van der Waals surface area contributed by atoms with Crippen LogP contribution < -0.4 is 26.6 Å². The van der Waals surface area contributed by atoms with Crippen LogP contribution in [0.25, 0.3) is 0 Å². The van der Waals surface area contributed by atoms with Crippen LogP contribution in [-0.4, -0.2) is 84.8 Å². The summed E-state index contributed by atoms with van der Waals surface area (Å²) in [5, 5.41) is 13.5. The maximum Gasteiger partial charge on any atom is 0.245 e. The number of rotatable bonds is 19. The van der Waals surface area contributed by atoms with Crippen molar-refractivity contribution in [3.05, 3.63) is 0 Å². The number of unbranched alkanes of at least 4 members (excludes halogenated alkanes) is 5. The van der Waals surface area contributed by atoms with E-state index in [9.17, 15) is 24.0 Å². The summed E-state index contributed by atoms with van der Waals surface area (Å²) in [6.45, 7) is 9.46. The Balaban J connectivity index is 2.60. The molecule has 5 N–H and O–H groups in total. The van der Waals surface area contributed by atoms with E-state index in [4.69, 9.17) is 0 Å². The van der Waals surface area contributed by atoms with E-state index in [0.717, 1.165) is 64.3 Å². The maximum atomic E-state index is 13.0. The van der Waals surface area contributed by atoms with Crippen LogP contribution in [0.1, 0.15) is 105 Å². The van der Waals surface area contributed by atoms with Crippen molar-refractivity contribution in [1.29, 1.82) is 0 Å². The van der Waals surface area contributed by atoms with Crippen molar-refractivity contribution in [3.63, 3.8) is 0 Å². The fourth-order valence-electron chi connectivity index (χ4n) is 4.86. The van der Waals surface area contributed by atoms with Crippen molar-refractivity contribution in [2.45, 2.75) is 129 Å². The molecule has 1 fully saturated rings. The summed E-state index contributed by atoms with van der Waals surface area (Å²) < 4.78 is 0. The number of likely N-dealkylation sites (tertiary alicyclic amines) is 1. The lowest BCUT2D eigenvalue weighted by Crippen LogP contribution is -2.58. The first-order valence-corrected chi connectivity index (χ1v) is 15.1. The van der Waals surface area contributed by atoms with Crippen molar-refractivity contribution >= 4 is 29.5 Å². The van der Waals surface area contributed by atoms with Crippen molar-refractivity contribution in [1.82, 2.24) is 31.5 Å². The van der Waals surface area contributed by atoms with Gasteiger partial charge in [0.2, 0.25) is 29.5 Å². The van der Waals surface area contributed by atoms with Crippen molar-refractivity contribution in [2.75, 3.05) is 26.7 Å². The summed E-state index contributed by atoms with van der Waals surface area (Å²) in [6, 6.07) is -0.968. The molecule has 40 heavy (non-hydrogen) atoms. The number of amides is 5. The third-order valence-corrected chi connectivity index (χ3v) is 7.28. The normalized spacial score (nSPS) is 17.0. The van der Waals surface area contributed by atoms with Gasteiger partial charge >= 0.3 is 0 Å². The van der Waals surface area contributed by atoms with Crippen LogP contribution in [0, 0.1) is 0 Å². The highest BCUT2D eigenvalue weighted by Gasteiger charge is 2.32. The fraction of sp³-hybridized carbons (Fsp3) is 0.828. The van der Waals surface area contributed by atoms with Crippen molar-refractivity contribution < 1.29 is 24.0 Å². The molecule has 0 radical (unpaired) electrons. The highest BCUT2D eigenvalue weighted by atomic mass is 16.2. The third kappa shape index (κ3) is 13.6. The highest BCUT2D eigenvalue weighted by molar-refractivity contribution is 5.95. The summed E-state index contributed by atoms with van der Waals surface area (Å²) in [5.74, 6) is -1.95. The number of carbonyl (C=O) groups excluding carboxylic acids is 5. The van der Waals surface area contributed by atoms with E-state index in [-0.39, 0.29) is 37.0 Å². The number of nitrogens with one attached hydrogen (secondary N) is 5. The van der Waals surface area contributed by atoms with Crippen LogP contribution in [-0.2, 0) is 24.0 Å². The van der Waals surface area contributed by atoms with E-state index in [1.165, 1.54) is 20.3 Å². The predicted molar refractivity (Wildman–Crippen MR) is 156 cm³/mol. The molecule has 0 aromatic carbocycles. The molecule has 0 aliphatic carbocycles. The van der Waals surface area contributed by atoms with Gasteiger partial charge < -0.3 is 26.6 Å². The number of likely N-dealkylation sites (N-methyl/N-ethyl adjacent to an activating group) is 1. The zero-order chi connectivity index (χ0) is 30.1. The van der Waals surface area contributed by atoms with Crippen LogP contribution in [0.5, 0.6) is 0 Å². The van der Waals surface area contributed by atoms with E-state index in [1.807, 2.05) is 25.8 Å². The molecule has 1 heterocycles. The Morgan fingerprint density at radius 1 is 0.850 bits per heavy atom. The first-order valence-electron chi connectivity index (χ1n) is 15.1. The molecular weight excluding hydrogens is 512 g/mol. The second-order valence-corrected chi connectivity index (χ2v) is 11.6. The van der Waals surface area contributed by atoms with Gasteiger partial charge in [-0.25, -0.2) is 0 Å². The van der Waals surface area contributed by atoms with Gasteiger partial charge in [-0.05, 0) is 60.0 Å². The molecule has 3 atom stereocenters. The summed E-state index contributed by atoms with van der Waals surface area (Å²) in [5.41, 5.74) is -1.30. The molecule has 1 rings (SSSR count). The standard InChI is InChI=1S/C29H54N6O5/c1-7-9-10-11-12-13-16-22(33-27(39)23-17-14-18-35(23)6)26(38)30-20-25(37)34-29(4,5)28(40)31-19-24(36)32-21(3)15-8-2/h21-23H,7-20H2,1-6H3,(H,30,38)(H,31,40)(H,32,36)(H,33,39)(H,34,37). The Morgan fingerprint density at radius 3 is 2.12 bits per heavy atom. The number of carbonyl (C=O) groups is 5. The maximum absolute atomic E-state index is 13.0. The predicted octanol–water partition coefficient (Wildman–Crippen LogP) is 1.75. The smallest absolute Gasteiger partial charge is 0.245 e. The molecule has 11 heteroatoms. The van der Waals surface area contributed by atoms with Gasteiger partial charge in [-0.3, -0.25) is 28.9 Å². The topological polar surface area (TPSA) is 149 Å². The Morgan fingerprint density at radius 2 is 1.50 bits per heavy atom. The summed E-state index contributed by atoms with van der Waals surface area (Å²) in [4.78, 5) is 65.1. The average molecular weight is 567 g/mol. The van der Waals surface area contributed by atoms with Gasteiger partial charge in [-0.2, -0.15) is 0 Å². The Labute approximate surface area is 240 Å². The highest BCUT2D eigenvalue weighted by Crippen LogP contribution is 2.16. The first-order chi connectivity index (χ1) is 18.9. The quantitative estimate of drug-likeness (QED) is 0.150. The minimum absolute atomic E-state index is 0.0134. The van der Waals surface area contributed by atoms with E-state index in [0.29, 0.717) is 6.42 Å². The summed E-state index contributed by atoms with van der Waals surface area (Å²) >= 11 is 0. The van der Waals surface area contributed by atoms with Gasteiger partial charge in [-0.15, -0.1) is 0 Å². The van der Waals surface area contributed by atoms with Gasteiger partial charge in [0.1, 0.15) is 11.6 Å². The van der Waals surface area contributed by atoms with Gasteiger partial charge in [0.25, 0.3) is 0 Å². The Kier molecular flexibility index (Phi) is 16.4. The van der Waals surface area contributed by atoms with Gasteiger partial charge in [-0.1, -0.05) is 58.8 Å². The van der Waals surface area contributed by atoms with Gasteiger partial charge in [0, 0.05) is 6.04 Å². The van der Waals surface area contributed by atoms with E-state index in [1.54, 1.807) is 0 Å². The average Bonchev–Trinajstić information content (AvgIpc) is 3.32. The lowest BCUT2D eigenvalue weighted by molar-refractivity contribution is -0.134. The molecule has 0 aromatic heterocycles. The van der Waals surface area contributed by atoms with E-state index >= 15 is 0 Å². The second kappa shape index (κ2) is 18.6. The van der Waals surface area contributed by atoms with Crippen LogP contribution in [0.3, 0.4) is 0 Å². The molecular formula is C29H54N6O5. The lowest BCUT2D eigenvalue weighted by Gasteiger charge is -2.26. The third-order valence-electron chi connectivity index (χ3n) is 7.28. The number of hydrogen-bond acceptors (Lipinski definition) is 6. The number of hydrogen-bond donors (Lipinski definition) is 5. The Hall–Kier alpha value is -2.69. The molecule has 1 saturated heterocycles. The molecule has 11 nitrogen and oxygen atoms in total. The SMILES string of the molecule is CCCCCCCCC(NC(=O)C1CCCN1C)C(=O)NCC(=O)NC(C)(C)C(=O)NCC(=O)NC(C)CCC. The zero-order valence-corrected chi connectivity index (χ0v) is 25.6. The number of nitrogens with zero attached hydrogens (tertiary/aromatic N) is 1. The zero-order valence-electron chi connectivity index (χ0n) is 25.6. The van der Waals surface area contributed by atoms with Crippen LogP contribution in [0.2, 0.25) is 0 Å². The monoisotopic (exact) mass is 566 g/mol. The molecule has 0 aromatic rings. The van der Waals surface area contributed by atoms with E-state index < -0.39 is 29.3 Å². The van der Waals surface area contributed by atoms with Crippen LogP contribution in [0.15, 0.2) is 0 Å². The Bertz CT molecular complexity index is 834. The molecule has 1 aliphatic rings. The molecule has 230 valence electrons. The van der Waals surface area contributed by atoms with Crippen molar-refractivity contribution in [2.24, 2.45) is 0 Å². The second-order valence-electron chi connectivity index (χ2n) is 11.6. The molecule has 0 saturated carbocycles. The van der Waals surface area contributed by atoms with Gasteiger partial charge in [0.05, 0.1) is 19.1 Å². The molecule has 3 unspecified atom stereocenters.